The Morgan fingerprint density at radius 1 is 1.05 bits per heavy atom. The minimum Gasteiger partial charge on any atom is -0.390 e. The molecule has 0 atom stereocenters. The van der Waals surface area contributed by atoms with Crippen LogP contribution >= 0.6 is 0 Å². The van der Waals surface area contributed by atoms with Crippen molar-refractivity contribution in [3.8, 4) is 0 Å². The minimum atomic E-state index is 0. The standard InChI is InChI=1S/C8H6N5.6Y/c1-6-2-5-12-8-7(11-13(6)12)9-3-4-10-8;;;;;;/h3-5H,1H3;;;;;;/q-1;;;;;;. The van der Waals surface area contributed by atoms with Crippen molar-refractivity contribution in [3.63, 3.8) is 0 Å². The fourth-order valence-electron chi connectivity index (χ4n) is 1.35. The van der Waals surface area contributed by atoms with Crippen LogP contribution in [-0.2, 0) is 196 Å². The Kier molecular flexibility index (Phi) is 24.9. The van der Waals surface area contributed by atoms with Gasteiger partial charge in [-0.25, -0.2) is 4.98 Å². The van der Waals surface area contributed by atoms with E-state index in [1.54, 1.807) is 23.2 Å². The summed E-state index contributed by atoms with van der Waals surface area (Å²) in [4.78, 5) is 8.28. The van der Waals surface area contributed by atoms with Crippen LogP contribution in [0.25, 0.3) is 11.3 Å². The zero-order valence-electron chi connectivity index (χ0n) is 10.4. The summed E-state index contributed by atoms with van der Waals surface area (Å²) in [6, 6.07) is 3.04. The van der Waals surface area contributed by atoms with Crippen LogP contribution in [0.5, 0.6) is 0 Å². The fraction of sp³-hybridized carbons (Fsp3) is 0.125. The van der Waals surface area contributed by atoms with Gasteiger partial charge in [-0.1, -0.05) is 0 Å². The summed E-state index contributed by atoms with van der Waals surface area (Å²) < 4.78 is 3.54. The molecule has 0 N–H and O–H groups in total. The zero-order valence-corrected chi connectivity index (χ0v) is 27.5. The predicted molar refractivity (Wildman–Crippen MR) is 43.0 cm³/mol. The van der Waals surface area contributed by atoms with Gasteiger partial charge in [0, 0.05) is 208 Å². The predicted octanol–water partition coefficient (Wildman–Crippen LogP) is -0.481. The number of fused-ring (bicyclic) bond motifs is 3. The van der Waals surface area contributed by atoms with Crippen molar-refractivity contribution in [2.45, 2.75) is 6.92 Å². The van der Waals surface area contributed by atoms with Gasteiger partial charge in [-0.15, -0.1) is 9.73 Å². The number of aryl methyl sites for hydroxylation is 1. The Morgan fingerprint density at radius 2 is 1.63 bits per heavy atom. The van der Waals surface area contributed by atoms with Crippen molar-refractivity contribution < 1.29 is 201 Å². The molecule has 0 saturated carbocycles. The van der Waals surface area contributed by atoms with Crippen LogP contribution in [0.15, 0.2) is 18.6 Å². The number of hydrogen-bond acceptors (Lipinski definition) is 2. The second-order valence-electron chi connectivity index (χ2n) is 2.80. The molecule has 6 radical (unpaired) electrons. The average molecular weight is 706 g/mol. The Bertz CT molecular complexity index is 593. The summed E-state index contributed by atoms with van der Waals surface area (Å²) in [5.74, 6) is 0. The Morgan fingerprint density at radius 3 is 2.26 bits per heavy atom. The van der Waals surface area contributed by atoms with Crippen LogP contribution in [-0.4, -0.2) is 14.5 Å². The average Bonchev–Trinajstić information content (AvgIpc) is 2.67. The summed E-state index contributed by atoms with van der Waals surface area (Å²) >= 11 is 0. The maximum Gasteiger partial charge on any atom is 0.150 e. The first-order valence-corrected chi connectivity index (χ1v) is 3.91. The Hall–Kier alpha value is 4.71. The SMILES string of the molecule is Cc1[c-]cn2c3nccnc3[n-][n+]12.[Y].[Y].[Y].[Y].[Y].[Y]. The minimum absolute atomic E-state index is 0. The van der Waals surface area contributed by atoms with E-state index in [-0.39, 0.29) is 196 Å². The van der Waals surface area contributed by atoms with Gasteiger partial charge in [-0.2, -0.15) is 10.7 Å². The van der Waals surface area contributed by atoms with Crippen molar-refractivity contribution >= 4 is 11.3 Å². The van der Waals surface area contributed by atoms with Crippen molar-refractivity contribution in [2.75, 3.05) is 0 Å². The van der Waals surface area contributed by atoms with Crippen LogP contribution in [0.1, 0.15) is 5.69 Å². The van der Waals surface area contributed by atoms with Gasteiger partial charge in [0.15, 0.2) is 5.65 Å². The van der Waals surface area contributed by atoms with Crippen LogP contribution in [0.3, 0.4) is 0 Å². The molecule has 0 fully saturated rings. The van der Waals surface area contributed by atoms with Crippen LogP contribution in [0.4, 0.5) is 0 Å². The number of rotatable bonds is 0. The largest absolute Gasteiger partial charge is 0.390 e. The first kappa shape index (κ1) is 31.5. The molecular weight excluding hydrogens is 700 g/mol. The smallest absolute Gasteiger partial charge is 0.150 e. The quantitative estimate of drug-likeness (QED) is 0.235. The molecule has 3 heterocycles. The van der Waals surface area contributed by atoms with Crippen LogP contribution < -0.4 is 9.73 Å². The summed E-state index contributed by atoms with van der Waals surface area (Å²) in [5, 5.41) is 4.25. The third-order valence-electron chi connectivity index (χ3n) is 1.97. The molecule has 3 aromatic rings. The third kappa shape index (κ3) is 7.23. The topological polar surface area (TPSA) is 48.4 Å². The van der Waals surface area contributed by atoms with Gasteiger partial charge in [-0.05, 0) is 13.1 Å². The van der Waals surface area contributed by atoms with Crippen LogP contribution in [0.2, 0.25) is 0 Å². The monoisotopic (exact) mass is 705 g/mol. The van der Waals surface area contributed by atoms with Crippen molar-refractivity contribution in [2.24, 2.45) is 0 Å². The van der Waals surface area contributed by atoms with Gasteiger partial charge in [-0.3, -0.25) is 0 Å². The van der Waals surface area contributed by atoms with Crippen LogP contribution in [0, 0.1) is 13.0 Å². The van der Waals surface area contributed by atoms with Gasteiger partial charge < -0.3 is 11.1 Å². The molecule has 0 aliphatic rings. The zero-order chi connectivity index (χ0) is 8.84. The van der Waals surface area contributed by atoms with E-state index in [1.807, 2.05) is 11.4 Å². The molecule has 3 rings (SSSR count). The number of aromatic nitrogens is 5. The first-order valence-electron chi connectivity index (χ1n) is 3.91. The van der Waals surface area contributed by atoms with Gasteiger partial charge in [0.25, 0.3) is 0 Å². The van der Waals surface area contributed by atoms with E-state index in [2.05, 4.69) is 21.1 Å². The molecule has 19 heavy (non-hydrogen) atoms. The second kappa shape index (κ2) is 15.0. The van der Waals surface area contributed by atoms with E-state index in [1.165, 1.54) is 0 Å². The molecule has 5 nitrogen and oxygen atoms in total. The summed E-state index contributed by atoms with van der Waals surface area (Å²) in [6.07, 6.45) is 5.09. The summed E-state index contributed by atoms with van der Waals surface area (Å²) in [7, 11) is 0. The molecule has 3 aromatic heterocycles. The first-order chi connectivity index (χ1) is 6.36. The molecule has 0 bridgehead atoms. The maximum atomic E-state index is 4.25. The Balaban J connectivity index is -0.000000187. The molecule has 0 spiro atoms. The van der Waals surface area contributed by atoms with E-state index in [0.717, 1.165) is 11.3 Å². The molecule has 0 unspecified atom stereocenters. The summed E-state index contributed by atoms with van der Waals surface area (Å²) in [5.41, 5.74) is 2.35. The van der Waals surface area contributed by atoms with Gasteiger partial charge in [0.1, 0.15) is 5.65 Å². The van der Waals surface area contributed by atoms with E-state index in [4.69, 9.17) is 0 Å². The van der Waals surface area contributed by atoms with Crippen molar-refractivity contribution in [1.29, 1.82) is 0 Å². The molecule has 11 heteroatoms. The van der Waals surface area contributed by atoms with Crippen molar-refractivity contribution in [3.05, 3.63) is 30.4 Å². The normalized spacial score (nSPS) is 7.84. The molecular formula is C8H6N5Y6-. The van der Waals surface area contributed by atoms with Gasteiger partial charge >= 0.3 is 0 Å². The third-order valence-corrected chi connectivity index (χ3v) is 1.97. The molecule has 0 aromatic carbocycles. The molecule has 0 aliphatic heterocycles. The van der Waals surface area contributed by atoms with E-state index in [0.29, 0.717) is 5.65 Å². The summed E-state index contributed by atoms with van der Waals surface area (Å²) in [6.45, 7) is 1.94. The molecule has 82 valence electrons. The molecule has 0 saturated heterocycles. The van der Waals surface area contributed by atoms with Gasteiger partial charge in [0.05, 0.1) is 0 Å². The number of nitrogens with zero attached hydrogens (tertiary/aromatic N) is 5. The second-order valence-corrected chi connectivity index (χ2v) is 2.80. The molecule has 0 amide bonds. The maximum absolute atomic E-state index is 4.25. The van der Waals surface area contributed by atoms with Gasteiger partial charge in [0.2, 0.25) is 0 Å². The van der Waals surface area contributed by atoms with Crippen molar-refractivity contribution in [1.82, 2.24) is 19.6 Å². The Labute approximate surface area is 262 Å². The van der Waals surface area contributed by atoms with E-state index < -0.39 is 0 Å². The molecule has 0 aliphatic carbocycles. The van der Waals surface area contributed by atoms with E-state index in [9.17, 15) is 0 Å². The fourth-order valence-corrected chi connectivity index (χ4v) is 1.35. The number of hydrogen-bond donors (Lipinski definition) is 0. The van der Waals surface area contributed by atoms with E-state index >= 15 is 0 Å².